The van der Waals surface area contributed by atoms with Gasteiger partial charge < -0.3 is 18.9 Å². The Bertz CT molecular complexity index is 394. The largest absolute Gasteiger partial charge is 0.382 e. The number of carbonyl (C=O) groups excluding carboxylic acids is 1. The Morgan fingerprint density at radius 2 is 1.43 bits per heavy atom. The van der Waals surface area contributed by atoms with Gasteiger partial charge in [0, 0.05) is 17.1 Å². The molecule has 21 heavy (non-hydrogen) atoms. The van der Waals surface area contributed by atoms with Gasteiger partial charge in [0.2, 0.25) is 0 Å². The van der Waals surface area contributed by atoms with Crippen molar-refractivity contribution in [2.45, 2.75) is 0 Å². The molecule has 0 aliphatic rings. The number of Topliss-reactive ketones (excluding diaryl/α,β-unsaturated/α-hetero) is 1. The van der Waals surface area contributed by atoms with Gasteiger partial charge in [-0.25, -0.2) is 0 Å². The van der Waals surface area contributed by atoms with Crippen LogP contribution < -0.4 is 0 Å². The molecule has 0 spiro atoms. The molecule has 0 amide bonds. The van der Waals surface area contributed by atoms with Crippen LogP contribution in [-0.2, 0) is 18.9 Å². The predicted octanol–water partition coefficient (Wildman–Crippen LogP) is 2.33. The summed E-state index contributed by atoms with van der Waals surface area (Å²) < 4.78 is 21.6. The highest BCUT2D eigenvalue weighted by atomic mass is 79.9. The minimum Gasteiger partial charge on any atom is -0.382 e. The molecule has 0 saturated heterocycles. The fourth-order valence-corrected chi connectivity index (χ4v) is 1.73. The molecule has 0 aliphatic carbocycles. The van der Waals surface area contributed by atoms with Crippen molar-refractivity contribution in [3.05, 3.63) is 34.3 Å². The van der Waals surface area contributed by atoms with Crippen molar-refractivity contribution >= 4 is 21.7 Å². The maximum Gasteiger partial charge on any atom is 0.188 e. The van der Waals surface area contributed by atoms with E-state index in [2.05, 4.69) is 15.9 Å². The Labute approximate surface area is 133 Å². The Morgan fingerprint density at radius 1 is 0.905 bits per heavy atom. The molecule has 0 N–H and O–H groups in total. The summed E-state index contributed by atoms with van der Waals surface area (Å²) in [6.45, 7) is 3.09. The average Bonchev–Trinajstić information content (AvgIpc) is 2.49. The number of methoxy groups -OCH3 is 1. The Balaban J connectivity index is 1.96. The molecule has 0 saturated carbocycles. The second kappa shape index (κ2) is 11.8. The minimum absolute atomic E-state index is 0.0367. The first-order valence-corrected chi connectivity index (χ1v) is 7.54. The zero-order valence-electron chi connectivity index (χ0n) is 12.2. The van der Waals surface area contributed by atoms with E-state index >= 15 is 0 Å². The molecular weight excluding hydrogens is 340 g/mol. The van der Waals surface area contributed by atoms with Crippen molar-refractivity contribution < 1.29 is 23.7 Å². The second-order valence-electron chi connectivity index (χ2n) is 4.20. The molecule has 1 aromatic carbocycles. The fourth-order valence-electron chi connectivity index (χ4n) is 1.47. The van der Waals surface area contributed by atoms with Crippen LogP contribution in [0.25, 0.3) is 0 Å². The number of ketones is 1. The second-order valence-corrected chi connectivity index (χ2v) is 5.12. The molecule has 6 heteroatoms. The van der Waals surface area contributed by atoms with Crippen molar-refractivity contribution in [3.63, 3.8) is 0 Å². The van der Waals surface area contributed by atoms with Gasteiger partial charge >= 0.3 is 0 Å². The average molecular weight is 361 g/mol. The van der Waals surface area contributed by atoms with Gasteiger partial charge in [-0.05, 0) is 12.1 Å². The Kier molecular flexibility index (Phi) is 10.3. The van der Waals surface area contributed by atoms with Gasteiger partial charge in [-0.1, -0.05) is 28.1 Å². The molecule has 0 aliphatic heterocycles. The number of ether oxygens (including phenoxy) is 4. The molecule has 1 rings (SSSR count). The lowest BCUT2D eigenvalue weighted by Crippen LogP contribution is -2.14. The van der Waals surface area contributed by atoms with Crippen molar-refractivity contribution in [2.24, 2.45) is 0 Å². The number of benzene rings is 1. The lowest BCUT2D eigenvalue weighted by Gasteiger charge is -2.06. The molecule has 1 aromatic rings. The number of hydrogen-bond donors (Lipinski definition) is 0. The lowest BCUT2D eigenvalue weighted by molar-refractivity contribution is 0.00492. The zero-order chi connectivity index (χ0) is 15.3. The van der Waals surface area contributed by atoms with Crippen LogP contribution >= 0.6 is 15.9 Å². The van der Waals surface area contributed by atoms with Crippen LogP contribution in [0.4, 0.5) is 0 Å². The van der Waals surface area contributed by atoms with Gasteiger partial charge in [0.15, 0.2) is 5.78 Å². The van der Waals surface area contributed by atoms with Gasteiger partial charge in [-0.15, -0.1) is 0 Å². The van der Waals surface area contributed by atoms with Gasteiger partial charge in [-0.3, -0.25) is 4.79 Å². The molecule has 118 valence electrons. The van der Waals surface area contributed by atoms with Gasteiger partial charge in [0.1, 0.15) is 6.61 Å². The van der Waals surface area contributed by atoms with Crippen LogP contribution in [0.3, 0.4) is 0 Å². The summed E-state index contributed by atoms with van der Waals surface area (Å²) in [7, 11) is 1.63. The third kappa shape index (κ3) is 8.95. The van der Waals surface area contributed by atoms with Crippen molar-refractivity contribution in [1.29, 1.82) is 0 Å². The molecule has 0 bridgehead atoms. The Hall–Kier alpha value is -0.790. The van der Waals surface area contributed by atoms with E-state index < -0.39 is 0 Å². The molecule has 0 radical (unpaired) electrons. The first-order valence-electron chi connectivity index (χ1n) is 6.75. The Morgan fingerprint density at radius 3 is 2.00 bits per heavy atom. The van der Waals surface area contributed by atoms with E-state index in [1.54, 1.807) is 19.2 Å². The number of carbonyl (C=O) groups is 1. The number of rotatable bonds is 12. The van der Waals surface area contributed by atoms with Crippen LogP contribution in [0.2, 0.25) is 0 Å². The molecule has 0 heterocycles. The minimum atomic E-state index is -0.0367. The summed E-state index contributed by atoms with van der Waals surface area (Å²) in [5.74, 6) is -0.0367. The summed E-state index contributed by atoms with van der Waals surface area (Å²) >= 11 is 3.33. The summed E-state index contributed by atoms with van der Waals surface area (Å²) in [6, 6.07) is 7.20. The topological polar surface area (TPSA) is 54.0 Å². The summed E-state index contributed by atoms with van der Waals surface area (Å²) in [4.78, 5) is 11.8. The van der Waals surface area contributed by atoms with E-state index in [-0.39, 0.29) is 12.4 Å². The fraction of sp³-hybridized carbons (Fsp3) is 0.533. The van der Waals surface area contributed by atoms with E-state index in [1.165, 1.54) is 0 Å². The van der Waals surface area contributed by atoms with Crippen LogP contribution in [-0.4, -0.2) is 59.1 Å². The van der Waals surface area contributed by atoms with Crippen LogP contribution in [0.15, 0.2) is 28.7 Å². The molecular formula is C15H21BrO5. The number of hydrogen-bond acceptors (Lipinski definition) is 5. The van der Waals surface area contributed by atoms with Gasteiger partial charge in [-0.2, -0.15) is 0 Å². The smallest absolute Gasteiger partial charge is 0.188 e. The maximum absolute atomic E-state index is 11.8. The normalized spacial score (nSPS) is 10.8. The summed E-state index contributed by atoms with van der Waals surface area (Å²) in [6.07, 6.45) is 0. The van der Waals surface area contributed by atoms with Crippen LogP contribution in [0, 0.1) is 0 Å². The highest BCUT2D eigenvalue weighted by Gasteiger charge is 2.05. The highest BCUT2D eigenvalue weighted by Crippen LogP contribution is 2.10. The van der Waals surface area contributed by atoms with E-state index in [4.69, 9.17) is 18.9 Å². The molecule has 5 nitrogen and oxygen atoms in total. The zero-order valence-corrected chi connectivity index (χ0v) is 13.8. The highest BCUT2D eigenvalue weighted by molar-refractivity contribution is 9.10. The summed E-state index contributed by atoms with van der Waals surface area (Å²) in [5.41, 5.74) is 0.644. The standard InChI is InChI=1S/C15H21BrO5/c1-18-6-7-19-8-9-20-10-11-21-12-15(17)13-2-4-14(16)5-3-13/h2-5H,6-12H2,1H3. The molecule has 0 aromatic heterocycles. The third-order valence-corrected chi connectivity index (χ3v) is 3.10. The molecule has 0 fully saturated rings. The van der Waals surface area contributed by atoms with Crippen molar-refractivity contribution in [2.75, 3.05) is 53.4 Å². The van der Waals surface area contributed by atoms with Crippen molar-refractivity contribution in [3.8, 4) is 0 Å². The maximum atomic E-state index is 11.8. The predicted molar refractivity (Wildman–Crippen MR) is 82.8 cm³/mol. The van der Waals surface area contributed by atoms with E-state index in [9.17, 15) is 4.79 Å². The monoisotopic (exact) mass is 360 g/mol. The lowest BCUT2D eigenvalue weighted by atomic mass is 10.1. The summed E-state index contributed by atoms with van der Waals surface area (Å²) in [5, 5.41) is 0. The van der Waals surface area contributed by atoms with E-state index in [1.807, 2.05) is 12.1 Å². The molecule has 0 unspecified atom stereocenters. The third-order valence-electron chi connectivity index (χ3n) is 2.58. The van der Waals surface area contributed by atoms with Gasteiger partial charge in [0.25, 0.3) is 0 Å². The van der Waals surface area contributed by atoms with E-state index in [0.717, 1.165) is 4.47 Å². The van der Waals surface area contributed by atoms with Crippen LogP contribution in [0.1, 0.15) is 10.4 Å². The SMILES string of the molecule is COCCOCCOCCOCC(=O)c1ccc(Br)cc1. The van der Waals surface area contributed by atoms with Crippen molar-refractivity contribution in [1.82, 2.24) is 0 Å². The first-order chi connectivity index (χ1) is 10.2. The first kappa shape index (κ1) is 18.3. The van der Waals surface area contributed by atoms with Gasteiger partial charge in [0.05, 0.1) is 39.6 Å². The van der Waals surface area contributed by atoms with Crippen LogP contribution in [0.5, 0.6) is 0 Å². The quantitative estimate of drug-likeness (QED) is 0.423. The number of halogens is 1. The van der Waals surface area contributed by atoms with E-state index in [0.29, 0.717) is 45.2 Å². The molecule has 0 atom stereocenters.